The van der Waals surface area contributed by atoms with Crippen LogP contribution in [0.15, 0.2) is 42.6 Å². The first-order valence-corrected chi connectivity index (χ1v) is 8.92. The van der Waals surface area contributed by atoms with Gasteiger partial charge in [-0.3, -0.25) is 0 Å². The number of hydrogen-bond acceptors (Lipinski definition) is 4. The van der Waals surface area contributed by atoms with Crippen LogP contribution in [0.2, 0.25) is 0 Å². The molecule has 0 bridgehead atoms. The monoisotopic (exact) mass is 344 g/mol. The van der Waals surface area contributed by atoms with Crippen molar-refractivity contribution < 1.29 is 14.2 Å². The molecule has 1 aromatic heterocycles. The third-order valence-corrected chi connectivity index (χ3v) is 4.02. The Morgan fingerprint density at radius 2 is 2.00 bits per heavy atom. The van der Waals surface area contributed by atoms with Crippen LogP contribution in [0.3, 0.4) is 0 Å². The molecule has 0 spiro atoms. The molecule has 0 radical (unpaired) electrons. The van der Waals surface area contributed by atoms with Gasteiger partial charge in [0, 0.05) is 31.6 Å². The zero-order chi connectivity index (χ0) is 17.9. The Morgan fingerprint density at radius 1 is 1.12 bits per heavy atom. The maximum Gasteiger partial charge on any atom is 0.194 e. The SMILES string of the molecule is CCCCCOc1cc(CNCCc2cccc[n+]2[O-])ccc1OC. The van der Waals surface area contributed by atoms with Crippen molar-refractivity contribution in [2.75, 3.05) is 20.3 Å². The molecule has 0 saturated carbocycles. The molecule has 1 heterocycles. The Labute approximate surface area is 150 Å². The molecule has 0 atom stereocenters. The minimum atomic E-state index is 0.695. The lowest BCUT2D eigenvalue weighted by atomic mass is 10.2. The Morgan fingerprint density at radius 3 is 2.76 bits per heavy atom. The van der Waals surface area contributed by atoms with Crippen molar-refractivity contribution in [1.82, 2.24) is 5.32 Å². The molecule has 0 saturated heterocycles. The first-order chi connectivity index (χ1) is 12.2. The molecular formula is C20H28N2O3. The molecule has 5 nitrogen and oxygen atoms in total. The number of hydrogen-bond donors (Lipinski definition) is 1. The number of pyridine rings is 1. The van der Waals surface area contributed by atoms with Gasteiger partial charge in [-0.05, 0) is 24.1 Å². The number of nitrogens with one attached hydrogen (secondary N) is 1. The summed E-state index contributed by atoms with van der Waals surface area (Å²) in [6.45, 7) is 4.35. The molecule has 2 aromatic rings. The van der Waals surface area contributed by atoms with Gasteiger partial charge in [0.2, 0.25) is 0 Å². The zero-order valence-electron chi connectivity index (χ0n) is 15.2. The van der Waals surface area contributed by atoms with Gasteiger partial charge in [-0.2, -0.15) is 4.73 Å². The van der Waals surface area contributed by atoms with Crippen LogP contribution in [0.5, 0.6) is 11.5 Å². The van der Waals surface area contributed by atoms with Crippen LogP contribution in [0.25, 0.3) is 0 Å². The summed E-state index contributed by atoms with van der Waals surface area (Å²) >= 11 is 0. The highest BCUT2D eigenvalue weighted by atomic mass is 16.5. The average Bonchev–Trinajstić information content (AvgIpc) is 2.64. The van der Waals surface area contributed by atoms with Crippen LogP contribution >= 0.6 is 0 Å². The summed E-state index contributed by atoms with van der Waals surface area (Å²) in [6, 6.07) is 11.5. The van der Waals surface area contributed by atoms with Gasteiger partial charge in [0.25, 0.3) is 0 Å². The first kappa shape index (κ1) is 19.1. The van der Waals surface area contributed by atoms with Crippen molar-refractivity contribution in [1.29, 1.82) is 0 Å². The summed E-state index contributed by atoms with van der Waals surface area (Å²) in [7, 11) is 1.66. The largest absolute Gasteiger partial charge is 0.619 e. The van der Waals surface area contributed by atoms with E-state index in [9.17, 15) is 5.21 Å². The smallest absolute Gasteiger partial charge is 0.194 e. The molecule has 2 rings (SSSR count). The summed E-state index contributed by atoms with van der Waals surface area (Å²) in [4.78, 5) is 0. The van der Waals surface area contributed by atoms with Crippen LogP contribution in [0.4, 0.5) is 0 Å². The van der Waals surface area contributed by atoms with Gasteiger partial charge < -0.3 is 20.0 Å². The molecule has 136 valence electrons. The van der Waals surface area contributed by atoms with E-state index in [4.69, 9.17) is 9.47 Å². The Balaban J connectivity index is 1.83. The van der Waals surface area contributed by atoms with E-state index in [0.717, 1.165) is 47.0 Å². The number of nitrogens with zero attached hydrogens (tertiary/aromatic N) is 1. The van der Waals surface area contributed by atoms with E-state index in [1.165, 1.54) is 19.0 Å². The second-order valence-electron chi connectivity index (χ2n) is 5.99. The van der Waals surface area contributed by atoms with E-state index in [-0.39, 0.29) is 0 Å². The molecule has 5 heteroatoms. The molecule has 1 N–H and O–H groups in total. The first-order valence-electron chi connectivity index (χ1n) is 8.92. The minimum Gasteiger partial charge on any atom is -0.619 e. The number of benzene rings is 1. The standard InChI is InChI=1S/C20H28N2O3/c1-3-4-7-14-25-20-15-17(9-10-19(20)24-2)16-21-12-11-18-8-5-6-13-22(18)23/h5-6,8-10,13,15,21H,3-4,7,11-12,14,16H2,1-2H3. The highest BCUT2D eigenvalue weighted by molar-refractivity contribution is 5.42. The van der Waals surface area contributed by atoms with Gasteiger partial charge in [-0.1, -0.05) is 31.9 Å². The van der Waals surface area contributed by atoms with Crippen LogP contribution in [-0.4, -0.2) is 20.3 Å². The minimum absolute atomic E-state index is 0.695. The second kappa shape index (κ2) is 10.6. The summed E-state index contributed by atoms with van der Waals surface area (Å²) in [5.41, 5.74) is 1.90. The fraction of sp³-hybridized carbons (Fsp3) is 0.450. The molecular weight excluding hydrogens is 316 g/mol. The maximum absolute atomic E-state index is 11.6. The number of methoxy groups -OCH3 is 1. The maximum atomic E-state index is 11.6. The highest BCUT2D eigenvalue weighted by Gasteiger charge is 2.07. The Kier molecular flexibility index (Phi) is 8.05. The quantitative estimate of drug-likeness (QED) is 0.386. The fourth-order valence-electron chi connectivity index (χ4n) is 2.58. The molecule has 0 aliphatic rings. The van der Waals surface area contributed by atoms with Crippen molar-refractivity contribution in [2.45, 2.75) is 39.2 Å². The second-order valence-corrected chi connectivity index (χ2v) is 5.99. The number of rotatable bonds is 11. The van der Waals surface area contributed by atoms with E-state index < -0.39 is 0 Å². The normalized spacial score (nSPS) is 10.6. The average molecular weight is 344 g/mol. The number of unbranched alkanes of at least 4 members (excludes halogenated alkanes) is 2. The molecule has 25 heavy (non-hydrogen) atoms. The lowest BCUT2D eigenvalue weighted by Crippen LogP contribution is -2.32. The van der Waals surface area contributed by atoms with Crippen LogP contribution in [0.1, 0.15) is 37.4 Å². The predicted octanol–water partition coefficient (Wildman–Crippen LogP) is 3.23. The van der Waals surface area contributed by atoms with Crippen molar-refractivity contribution in [3.05, 3.63) is 59.1 Å². The summed E-state index contributed by atoms with van der Waals surface area (Å²) < 4.78 is 12.1. The lowest BCUT2D eigenvalue weighted by molar-refractivity contribution is -0.613. The highest BCUT2D eigenvalue weighted by Crippen LogP contribution is 2.28. The molecule has 0 fully saturated rings. The van der Waals surface area contributed by atoms with E-state index in [1.807, 2.05) is 30.3 Å². The summed E-state index contributed by atoms with van der Waals surface area (Å²) in [5.74, 6) is 1.55. The van der Waals surface area contributed by atoms with E-state index in [0.29, 0.717) is 13.0 Å². The molecule has 0 aliphatic carbocycles. The third-order valence-electron chi connectivity index (χ3n) is 4.02. The molecule has 1 aromatic carbocycles. The van der Waals surface area contributed by atoms with Gasteiger partial charge in [0.05, 0.1) is 13.7 Å². The number of aromatic nitrogens is 1. The summed E-state index contributed by atoms with van der Waals surface area (Å²) in [6.07, 6.45) is 5.62. The van der Waals surface area contributed by atoms with Crippen LogP contribution in [0, 0.1) is 5.21 Å². The van der Waals surface area contributed by atoms with E-state index >= 15 is 0 Å². The van der Waals surface area contributed by atoms with Crippen molar-refractivity contribution in [3.8, 4) is 11.5 Å². The predicted molar refractivity (Wildman–Crippen MR) is 98.8 cm³/mol. The van der Waals surface area contributed by atoms with Crippen LogP contribution in [-0.2, 0) is 13.0 Å². The topological polar surface area (TPSA) is 57.4 Å². The van der Waals surface area contributed by atoms with Gasteiger partial charge in [0.1, 0.15) is 0 Å². The van der Waals surface area contributed by atoms with E-state index in [2.05, 4.69) is 12.2 Å². The van der Waals surface area contributed by atoms with Crippen molar-refractivity contribution in [2.24, 2.45) is 0 Å². The number of ether oxygens (including phenoxy) is 2. The van der Waals surface area contributed by atoms with Gasteiger partial charge in [0.15, 0.2) is 23.4 Å². The van der Waals surface area contributed by atoms with E-state index in [1.54, 1.807) is 13.2 Å². The molecule has 0 amide bonds. The van der Waals surface area contributed by atoms with Gasteiger partial charge >= 0.3 is 0 Å². The zero-order valence-corrected chi connectivity index (χ0v) is 15.2. The summed E-state index contributed by atoms with van der Waals surface area (Å²) in [5, 5.41) is 15.0. The lowest BCUT2D eigenvalue weighted by Gasteiger charge is -2.13. The Bertz CT molecular complexity index is 647. The van der Waals surface area contributed by atoms with Gasteiger partial charge in [-0.15, -0.1) is 0 Å². The van der Waals surface area contributed by atoms with Crippen molar-refractivity contribution in [3.63, 3.8) is 0 Å². The Hall–Kier alpha value is -2.27. The van der Waals surface area contributed by atoms with Gasteiger partial charge in [-0.25, -0.2) is 0 Å². The van der Waals surface area contributed by atoms with Crippen molar-refractivity contribution >= 4 is 0 Å². The van der Waals surface area contributed by atoms with Crippen LogP contribution < -0.4 is 19.5 Å². The molecule has 0 unspecified atom stereocenters. The fourth-order valence-corrected chi connectivity index (χ4v) is 2.58. The third kappa shape index (κ3) is 6.27. The molecule has 0 aliphatic heterocycles.